The molecule has 4 heteroatoms. The zero-order valence-electron chi connectivity index (χ0n) is 8.55. The Labute approximate surface area is 88.1 Å². The van der Waals surface area contributed by atoms with Gasteiger partial charge in [-0.2, -0.15) is 4.98 Å². The maximum atomic E-state index is 5.96. The third-order valence-corrected chi connectivity index (χ3v) is 2.17. The largest absolute Gasteiger partial charge is 0.340 e. The van der Waals surface area contributed by atoms with E-state index in [4.69, 9.17) is 10.3 Å². The molecule has 0 saturated carbocycles. The molecule has 0 spiro atoms. The van der Waals surface area contributed by atoms with E-state index in [1.165, 1.54) is 5.56 Å². The molecule has 4 nitrogen and oxygen atoms in total. The van der Waals surface area contributed by atoms with E-state index >= 15 is 0 Å². The smallest absolute Gasteiger partial charge is 0.223 e. The van der Waals surface area contributed by atoms with Crippen molar-refractivity contribution in [1.29, 1.82) is 0 Å². The Morgan fingerprint density at radius 3 is 2.67 bits per heavy atom. The first kappa shape index (κ1) is 9.86. The average molecular weight is 203 g/mol. The SMILES string of the molecule is Cc1nc(C(N)Cc2ccccc2)no1. The number of benzene rings is 1. The Bertz CT molecular complexity index is 424. The molecule has 1 aromatic carbocycles. The quantitative estimate of drug-likeness (QED) is 0.823. The third kappa shape index (κ3) is 2.41. The first-order valence-corrected chi connectivity index (χ1v) is 4.85. The summed E-state index contributed by atoms with van der Waals surface area (Å²) in [6.45, 7) is 1.76. The topological polar surface area (TPSA) is 64.9 Å². The summed E-state index contributed by atoms with van der Waals surface area (Å²) in [5.74, 6) is 1.12. The second-order valence-corrected chi connectivity index (χ2v) is 3.47. The van der Waals surface area contributed by atoms with Crippen LogP contribution in [0.25, 0.3) is 0 Å². The summed E-state index contributed by atoms with van der Waals surface area (Å²) in [7, 11) is 0. The zero-order chi connectivity index (χ0) is 10.7. The minimum Gasteiger partial charge on any atom is -0.340 e. The average Bonchev–Trinajstić information content (AvgIpc) is 2.66. The molecule has 0 aliphatic rings. The second-order valence-electron chi connectivity index (χ2n) is 3.47. The molecule has 0 amide bonds. The maximum Gasteiger partial charge on any atom is 0.223 e. The summed E-state index contributed by atoms with van der Waals surface area (Å²) in [5.41, 5.74) is 7.13. The van der Waals surface area contributed by atoms with Crippen LogP contribution < -0.4 is 5.73 Å². The molecule has 0 radical (unpaired) electrons. The van der Waals surface area contributed by atoms with Crippen LogP contribution in [0.15, 0.2) is 34.9 Å². The summed E-state index contributed by atoms with van der Waals surface area (Å²) < 4.78 is 4.88. The molecule has 1 heterocycles. The van der Waals surface area contributed by atoms with Crippen molar-refractivity contribution >= 4 is 0 Å². The summed E-state index contributed by atoms with van der Waals surface area (Å²) in [6, 6.07) is 9.82. The molecule has 0 aliphatic carbocycles. The predicted molar refractivity (Wildman–Crippen MR) is 56.1 cm³/mol. The Hall–Kier alpha value is -1.68. The fourth-order valence-corrected chi connectivity index (χ4v) is 1.42. The highest BCUT2D eigenvalue weighted by Crippen LogP contribution is 2.12. The Kier molecular flexibility index (Phi) is 2.78. The Morgan fingerprint density at radius 1 is 1.33 bits per heavy atom. The number of nitrogens with zero attached hydrogens (tertiary/aromatic N) is 2. The molecule has 1 atom stereocenters. The van der Waals surface area contributed by atoms with Gasteiger partial charge in [-0.1, -0.05) is 35.5 Å². The van der Waals surface area contributed by atoms with Crippen LogP contribution in [-0.2, 0) is 6.42 Å². The van der Waals surface area contributed by atoms with Crippen LogP contribution >= 0.6 is 0 Å². The van der Waals surface area contributed by atoms with E-state index < -0.39 is 0 Å². The van der Waals surface area contributed by atoms with Crippen LogP contribution in [0.4, 0.5) is 0 Å². The van der Waals surface area contributed by atoms with Crippen LogP contribution in [0.3, 0.4) is 0 Å². The molecule has 1 unspecified atom stereocenters. The van der Waals surface area contributed by atoms with E-state index in [1.54, 1.807) is 6.92 Å². The van der Waals surface area contributed by atoms with E-state index in [9.17, 15) is 0 Å². The first-order chi connectivity index (χ1) is 7.25. The van der Waals surface area contributed by atoms with E-state index in [-0.39, 0.29) is 6.04 Å². The minimum absolute atomic E-state index is 0.204. The fraction of sp³-hybridized carbons (Fsp3) is 0.273. The molecule has 78 valence electrons. The molecule has 1 aromatic heterocycles. The van der Waals surface area contributed by atoms with E-state index in [2.05, 4.69) is 10.1 Å². The Morgan fingerprint density at radius 2 is 2.07 bits per heavy atom. The number of hydrogen-bond donors (Lipinski definition) is 1. The van der Waals surface area contributed by atoms with E-state index in [0.29, 0.717) is 11.7 Å². The van der Waals surface area contributed by atoms with Gasteiger partial charge in [-0.05, 0) is 12.0 Å². The molecule has 0 aliphatic heterocycles. The van der Waals surface area contributed by atoms with Crippen molar-refractivity contribution in [1.82, 2.24) is 10.1 Å². The molecule has 2 N–H and O–H groups in total. The number of aromatic nitrogens is 2. The highest BCUT2D eigenvalue weighted by atomic mass is 16.5. The number of nitrogens with two attached hydrogens (primary N) is 1. The highest BCUT2D eigenvalue weighted by Gasteiger charge is 2.12. The summed E-state index contributed by atoms with van der Waals surface area (Å²) >= 11 is 0. The summed E-state index contributed by atoms with van der Waals surface area (Å²) in [5, 5.41) is 3.80. The number of hydrogen-bond acceptors (Lipinski definition) is 4. The summed E-state index contributed by atoms with van der Waals surface area (Å²) in [4.78, 5) is 4.10. The Balaban J connectivity index is 2.07. The summed E-state index contributed by atoms with van der Waals surface area (Å²) in [6.07, 6.45) is 0.722. The van der Waals surface area contributed by atoms with Gasteiger partial charge >= 0.3 is 0 Å². The fourth-order valence-electron chi connectivity index (χ4n) is 1.42. The van der Waals surface area contributed by atoms with E-state index in [0.717, 1.165) is 6.42 Å². The zero-order valence-corrected chi connectivity index (χ0v) is 8.55. The van der Waals surface area contributed by atoms with Gasteiger partial charge in [0.1, 0.15) is 0 Å². The van der Waals surface area contributed by atoms with Crippen molar-refractivity contribution in [2.45, 2.75) is 19.4 Å². The third-order valence-electron chi connectivity index (χ3n) is 2.17. The van der Waals surface area contributed by atoms with Crippen LogP contribution in [0.1, 0.15) is 23.3 Å². The van der Waals surface area contributed by atoms with Gasteiger partial charge in [0, 0.05) is 6.92 Å². The lowest BCUT2D eigenvalue weighted by Gasteiger charge is -2.06. The minimum atomic E-state index is -0.204. The highest BCUT2D eigenvalue weighted by molar-refractivity contribution is 5.16. The molecule has 2 aromatic rings. The molecule has 2 rings (SSSR count). The van der Waals surface area contributed by atoms with Crippen molar-refractivity contribution in [2.75, 3.05) is 0 Å². The van der Waals surface area contributed by atoms with Gasteiger partial charge < -0.3 is 10.3 Å². The van der Waals surface area contributed by atoms with Crippen molar-refractivity contribution < 1.29 is 4.52 Å². The monoisotopic (exact) mass is 203 g/mol. The molecular weight excluding hydrogens is 190 g/mol. The van der Waals surface area contributed by atoms with Gasteiger partial charge in [0.15, 0.2) is 5.82 Å². The molecule has 0 saturated heterocycles. The number of aryl methyl sites for hydroxylation is 1. The second kappa shape index (κ2) is 4.23. The van der Waals surface area contributed by atoms with Crippen molar-refractivity contribution in [3.63, 3.8) is 0 Å². The predicted octanol–water partition coefficient (Wildman–Crippen LogP) is 1.62. The van der Waals surface area contributed by atoms with Crippen LogP contribution in [0.2, 0.25) is 0 Å². The van der Waals surface area contributed by atoms with Crippen LogP contribution in [-0.4, -0.2) is 10.1 Å². The van der Waals surface area contributed by atoms with E-state index in [1.807, 2.05) is 30.3 Å². The lowest BCUT2D eigenvalue weighted by Crippen LogP contribution is -2.14. The maximum absolute atomic E-state index is 5.96. The number of rotatable bonds is 3. The van der Waals surface area contributed by atoms with Crippen LogP contribution in [0.5, 0.6) is 0 Å². The van der Waals surface area contributed by atoms with Crippen LogP contribution in [0, 0.1) is 6.92 Å². The molecule has 15 heavy (non-hydrogen) atoms. The standard InChI is InChI=1S/C11H13N3O/c1-8-13-11(14-15-8)10(12)7-9-5-3-2-4-6-9/h2-6,10H,7,12H2,1H3. The van der Waals surface area contributed by atoms with Gasteiger partial charge in [-0.3, -0.25) is 0 Å². The van der Waals surface area contributed by atoms with Gasteiger partial charge in [0.05, 0.1) is 6.04 Å². The molecular formula is C11H13N3O. The molecule has 0 bridgehead atoms. The molecule has 0 fully saturated rings. The lowest BCUT2D eigenvalue weighted by atomic mass is 10.1. The van der Waals surface area contributed by atoms with Gasteiger partial charge in [-0.25, -0.2) is 0 Å². The van der Waals surface area contributed by atoms with Gasteiger partial charge in [-0.15, -0.1) is 0 Å². The van der Waals surface area contributed by atoms with Crippen molar-refractivity contribution in [3.8, 4) is 0 Å². The van der Waals surface area contributed by atoms with Crippen molar-refractivity contribution in [2.24, 2.45) is 5.73 Å². The van der Waals surface area contributed by atoms with Crippen molar-refractivity contribution in [3.05, 3.63) is 47.6 Å². The normalized spacial score (nSPS) is 12.7. The van der Waals surface area contributed by atoms with Gasteiger partial charge in [0.25, 0.3) is 0 Å². The van der Waals surface area contributed by atoms with Gasteiger partial charge in [0.2, 0.25) is 5.89 Å². The first-order valence-electron chi connectivity index (χ1n) is 4.85. The lowest BCUT2D eigenvalue weighted by molar-refractivity contribution is 0.383.